The van der Waals surface area contributed by atoms with Crippen molar-refractivity contribution in [1.82, 2.24) is 15.1 Å². The minimum Gasteiger partial charge on any atom is -0.371 e. The summed E-state index contributed by atoms with van der Waals surface area (Å²) in [5.41, 5.74) is 1.02. The van der Waals surface area contributed by atoms with E-state index in [-0.39, 0.29) is 5.60 Å². The number of aromatic nitrogens is 2. The number of aryl methyl sites for hydroxylation is 1. The number of likely N-dealkylation sites (tertiary alicyclic amines) is 1. The Labute approximate surface area is 132 Å². The normalized spacial score (nSPS) is 32.5. The lowest BCUT2D eigenvalue weighted by atomic mass is 9.88. The van der Waals surface area contributed by atoms with E-state index in [1.165, 1.54) is 38.8 Å². The van der Waals surface area contributed by atoms with Crippen LogP contribution in [0.4, 0.5) is 5.82 Å². The van der Waals surface area contributed by atoms with Gasteiger partial charge in [-0.2, -0.15) is 5.10 Å². The largest absolute Gasteiger partial charge is 0.371 e. The predicted octanol–water partition coefficient (Wildman–Crippen LogP) is 2.23. The highest BCUT2D eigenvalue weighted by Gasteiger charge is 2.44. The Morgan fingerprint density at radius 3 is 3.05 bits per heavy atom. The molecule has 1 N–H and O–H groups in total. The molecule has 0 aromatic carbocycles. The second kappa shape index (κ2) is 5.78. The van der Waals surface area contributed by atoms with E-state index in [4.69, 9.17) is 4.74 Å². The molecule has 1 saturated carbocycles. The van der Waals surface area contributed by atoms with Crippen molar-refractivity contribution >= 4 is 5.82 Å². The molecule has 1 aromatic heterocycles. The molecule has 5 nitrogen and oxygen atoms in total. The zero-order valence-corrected chi connectivity index (χ0v) is 13.4. The third kappa shape index (κ3) is 3.25. The smallest absolute Gasteiger partial charge is 0.148 e. The zero-order valence-electron chi connectivity index (χ0n) is 13.4. The van der Waals surface area contributed by atoms with Gasteiger partial charge in [0.05, 0.1) is 23.9 Å². The van der Waals surface area contributed by atoms with E-state index in [1.807, 2.05) is 19.1 Å². The van der Waals surface area contributed by atoms with Crippen LogP contribution in [0.5, 0.6) is 0 Å². The Hall–Kier alpha value is -1.20. The van der Waals surface area contributed by atoms with Crippen LogP contribution in [0.1, 0.15) is 37.8 Å². The van der Waals surface area contributed by atoms with Gasteiger partial charge in [0.15, 0.2) is 0 Å². The van der Waals surface area contributed by atoms with E-state index in [0.29, 0.717) is 6.04 Å². The average molecular weight is 302 g/mol. The first-order valence-corrected chi connectivity index (χ1v) is 8.64. The van der Waals surface area contributed by atoms with Crippen molar-refractivity contribution in [3.05, 3.63) is 17.8 Å². The number of rotatable bonds is 4. The van der Waals surface area contributed by atoms with Gasteiger partial charge in [0.25, 0.3) is 0 Å². The SMILES string of the molecule is Cc1ccc(NC2COC3(CCCN(CC4CC4)C3)C2)nn1. The highest BCUT2D eigenvalue weighted by Crippen LogP contribution is 2.37. The van der Waals surface area contributed by atoms with Gasteiger partial charge in [-0.15, -0.1) is 5.10 Å². The maximum absolute atomic E-state index is 6.27. The highest BCUT2D eigenvalue weighted by molar-refractivity contribution is 5.34. The summed E-state index contributed by atoms with van der Waals surface area (Å²) in [5, 5.41) is 11.8. The number of piperidine rings is 1. The Bertz CT molecular complexity index is 516. The maximum atomic E-state index is 6.27. The average Bonchev–Trinajstić information content (AvgIpc) is 3.24. The van der Waals surface area contributed by atoms with Crippen LogP contribution in [0.2, 0.25) is 0 Å². The molecule has 1 aromatic rings. The monoisotopic (exact) mass is 302 g/mol. The van der Waals surface area contributed by atoms with Crippen molar-refractivity contribution in [3.8, 4) is 0 Å². The quantitative estimate of drug-likeness (QED) is 0.924. The molecule has 0 amide bonds. The summed E-state index contributed by atoms with van der Waals surface area (Å²) in [7, 11) is 0. The fourth-order valence-electron chi connectivity index (χ4n) is 3.92. The zero-order chi connectivity index (χ0) is 15.0. The lowest BCUT2D eigenvalue weighted by molar-refractivity contribution is -0.0521. The second-order valence-electron chi connectivity index (χ2n) is 7.38. The molecule has 120 valence electrons. The lowest BCUT2D eigenvalue weighted by Gasteiger charge is -2.39. The maximum Gasteiger partial charge on any atom is 0.148 e. The molecular formula is C17H26N4O. The van der Waals surface area contributed by atoms with E-state index in [0.717, 1.165) is 37.0 Å². The number of hydrogen-bond acceptors (Lipinski definition) is 5. The first kappa shape index (κ1) is 14.4. The molecule has 22 heavy (non-hydrogen) atoms. The van der Waals surface area contributed by atoms with Crippen LogP contribution in [0, 0.1) is 12.8 Å². The van der Waals surface area contributed by atoms with Crippen molar-refractivity contribution in [2.45, 2.75) is 50.7 Å². The molecule has 3 fully saturated rings. The van der Waals surface area contributed by atoms with E-state index >= 15 is 0 Å². The van der Waals surface area contributed by atoms with Crippen LogP contribution in [-0.2, 0) is 4.74 Å². The summed E-state index contributed by atoms with van der Waals surface area (Å²) in [6, 6.07) is 4.37. The predicted molar refractivity (Wildman–Crippen MR) is 85.9 cm³/mol. The Morgan fingerprint density at radius 1 is 1.36 bits per heavy atom. The van der Waals surface area contributed by atoms with Gasteiger partial charge >= 0.3 is 0 Å². The number of nitrogens with one attached hydrogen (secondary N) is 1. The minimum absolute atomic E-state index is 0.0724. The Morgan fingerprint density at radius 2 is 2.27 bits per heavy atom. The number of nitrogens with zero attached hydrogens (tertiary/aromatic N) is 3. The summed E-state index contributed by atoms with van der Waals surface area (Å²) in [6.07, 6.45) is 6.42. The highest BCUT2D eigenvalue weighted by atomic mass is 16.5. The molecular weight excluding hydrogens is 276 g/mol. The minimum atomic E-state index is 0.0724. The Balaban J connectivity index is 1.35. The molecule has 3 aliphatic rings. The van der Waals surface area contributed by atoms with Gasteiger partial charge < -0.3 is 15.0 Å². The van der Waals surface area contributed by atoms with Crippen LogP contribution in [0.15, 0.2) is 12.1 Å². The van der Waals surface area contributed by atoms with Crippen molar-refractivity contribution in [2.24, 2.45) is 5.92 Å². The van der Waals surface area contributed by atoms with Gasteiger partial charge in [0.2, 0.25) is 0 Å². The van der Waals surface area contributed by atoms with Crippen LogP contribution in [0.3, 0.4) is 0 Å². The van der Waals surface area contributed by atoms with E-state index < -0.39 is 0 Å². The van der Waals surface area contributed by atoms with Crippen LogP contribution < -0.4 is 5.32 Å². The van der Waals surface area contributed by atoms with Gasteiger partial charge in [-0.25, -0.2) is 0 Å². The first-order valence-electron chi connectivity index (χ1n) is 8.64. The van der Waals surface area contributed by atoms with Crippen molar-refractivity contribution in [3.63, 3.8) is 0 Å². The van der Waals surface area contributed by atoms with Gasteiger partial charge in [-0.3, -0.25) is 0 Å². The fourth-order valence-corrected chi connectivity index (χ4v) is 3.92. The third-order valence-electron chi connectivity index (χ3n) is 5.19. The molecule has 2 saturated heterocycles. The standard InChI is InChI=1S/C17H26N4O/c1-13-3-6-16(20-19-13)18-15-9-17(22-11-15)7-2-8-21(12-17)10-14-4-5-14/h3,6,14-15H,2,4-5,7-12H2,1H3,(H,18,20). The van der Waals surface area contributed by atoms with Crippen LogP contribution in [0.25, 0.3) is 0 Å². The summed E-state index contributed by atoms with van der Waals surface area (Å²) >= 11 is 0. The molecule has 1 aliphatic carbocycles. The molecule has 4 rings (SSSR count). The van der Waals surface area contributed by atoms with Gasteiger partial charge in [0.1, 0.15) is 5.82 Å². The van der Waals surface area contributed by atoms with Crippen LogP contribution in [-0.4, -0.2) is 53.0 Å². The molecule has 0 radical (unpaired) electrons. The van der Waals surface area contributed by atoms with E-state index in [2.05, 4.69) is 20.4 Å². The third-order valence-corrected chi connectivity index (χ3v) is 5.19. The number of anilines is 1. The number of ether oxygens (including phenoxy) is 1. The van der Waals surface area contributed by atoms with Gasteiger partial charge in [-0.1, -0.05) is 0 Å². The molecule has 5 heteroatoms. The van der Waals surface area contributed by atoms with E-state index in [9.17, 15) is 0 Å². The summed E-state index contributed by atoms with van der Waals surface area (Å²) in [4.78, 5) is 2.63. The fraction of sp³-hybridized carbons (Fsp3) is 0.765. The molecule has 3 heterocycles. The number of hydrogen-bond donors (Lipinski definition) is 1. The molecule has 1 spiro atoms. The second-order valence-corrected chi connectivity index (χ2v) is 7.38. The molecule has 2 aliphatic heterocycles. The van der Waals surface area contributed by atoms with Crippen LogP contribution >= 0.6 is 0 Å². The van der Waals surface area contributed by atoms with E-state index in [1.54, 1.807) is 0 Å². The van der Waals surface area contributed by atoms with Gasteiger partial charge in [-0.05, 0) is 57.2 Å². The lowest BCUT2D eigenvalue weighted by Crippen LogP contribution is -2.48. The Kier molecular flexibility index (Phi) is 3.78. The summed E-state index contributed by atoms with van der Waals surface area (Å²) in [6.45, 7) is 6.39. The van der Waals surface area contributed by atoms with Crippen molar-refractivity contribution in [1.29, 1.82) is 0 Å². The topological polar surface area (TPSA) is 50.3 Å². The molecule has 2 atom stereocenters. The summed E-state index contributed by atoms with van der Waals surface area (Å²) < 4.78 is 6.27. The molecule has 0 bridgehead atoms. The van der Waals surface area contributed by atoms with Crippen molar-refractivity contribution < 1.29 is 4.74 Å². The first-order chi connectivity index (χ1) is 10.7. The molecule has 2 unspecified atom stereocenters. The van der Waals surface area contributed by atoms with Crippen molar-refractivity contribution in [2.75, 3.05) is 31.6 Å². The van der Waals surface area contributed by atoms with Gasteiger partial charge in [0, 0.05) is 19.5 Å². The summed E-state index contributed by atoms with van der Waals surface area (Å²) in [5.74, 6) is 1.83.